The fourth-order valence-electron chi connectivity index (χ4n) is 1.45. The van der Waals surface area contributed by atoms with Crippen LogP contribution in [0.2, 0.25) is 5.02 Å². The first-order valence-electron chi connectivity index (χ1n) is 4.75. The molecule has 1 aromatic carbocycles. The SMILES string of the molecule is Cc1cc(Cl)cc(C(O)C(O)CC(=O)O)c1. The molecule has 0 fully saturated rings. The highest BCUT2D eigenvalue weighted by molar-refractivity contribution is 6.30. The molecule has 4 nitrogen and oxygen atoms in total. The molecule has 0 amide bonds. The van der Waals surface area contributed by atoms with Crippen molar-refractivity contribution in [2.24, 2.45) is 0 Å². The average Bonchev–Trinajstić information content (AvgIpc) is 2.13. The van der Waals surface area contributed by atoms with E-state index in [1.807, 2.05) is 0 Å². The molecule has 0 spiro atoms. The molecule has 0 aliphatic rings. The lowest BCUT2D eigenvalue weighted by atomic mass is 10.0. The van der Waals surface area contributed by atoms with Gasteiger partial charge in [-0.3, -0.25) is 4.79 Å². The third kappa shape index (κ3) is 3.48. The summed E-state index contributed by atoms with van der Waals surface area (Å²) < 4.78 is 0. The molecule has 0 saturated heterocycles. The van der Waals surface area contributed by atoms with Crippen LogP contribution in [0.1, 0.15) is 23.7 Å². The number of hydrogen-bond donors (Lipinski definition) is 3. The van der Waals surface area contributed by atoms with Crippen molar-refractivity contribution in [3.8, 4) is 0 Å². The summed E-state index contributed by atoms with van der Waals surface area (Å²) in [6, 6.07) is 4.87. The molecule has 2 atom stereocenters. The number of carboxylic acid groups (broad SMARTS) is 1. The molecule has 0 aromatic heterocycles. The molecule has 88 valence electrons. The van der Waals surface area contributed by atoms with Gasteiger partial charge in [0.2, 0.25) is 0 Å². The lowest BCUT2D eigenvalue weighted by molar-refractivity contribution is -0.141. The van der Waals surface area contributed by atoms with E-state index < -0.39 is 24.6 Å². The first kappa shape index (κ1) is 13.0. The van der Waals surface area contributed by atoms with Crippen LogP contribution < -0.4 is 0 Å². The van der Waals surface area contributed by atoms with E-state index in [0.29, 0.717) is 10.6 Å². The largest absolute Gasteiger partial charge is 0.481 e. The molecule has 16 heavy (non-hydrogen) atoms. The van der Waals surface area contributed by atoms with Crippen molar-refractivity contribution < 1.29 is 20.1 Å². The number of benzene rings is 1. The van der Waals surface area contributed by atoms with Gasteiger partial charge in [0.1, 0.15) is 6.10 Å². The van der Waals surface area contributed by atoms with E-state index in [1.165, 1.54) is 6.07 Å². The molecule has 1 aromatic rings. The van der Waals surface area contributed by atoms with Crippen molar-refractivity contribution in [1.29, 1.82) is 0 Å². The van der Waals surface area contributed by atoms with Crippen molar-refractivity contribution in [2.75, 3.05) is 0 Å². The van der Waals surface area contributed by atoms with E-state index in [1.54, 1.807) is 19.1 Å². The summed E-state index contributed by atoms with van der Waals surface area (Å²) in [5.41, 5.74) is 1.25. The molecule has 5 heteroatoms. The van der Waals surface area contributed by atoms with Gasteiger partial charge in [-0.1, -0.05) is 17.7 Å². The second-order valence-corrected chi connectivity index (χ2v) is 4.11. The van der Waals surface area contributed by atoms with Crippen LogP contribution in [-0.4, -0.2) is 27.4 Å². The maximum absolute atomic E-state index is 10.4. The van der Waals surface area contributed by atoms with Gasteiger partial charge in [0.25, 0.3) is 0 Å². The molecule has 0 aliphatic heterocycles. The van der Waals surface area contributed by atoms with Crippen molar-refractivity contribution in [3.05, 3.63) is 34.3 Å². The highest BCUT2D eigenvalue weighted by Crippen LogP contribution is 2.23. The van der Waals surface area contributed by atoms with Crippen molar-refractivity contribution in [1.82, 2.24) is 0 Å². The number of carboxylic acids is 1. The third-order valence-electron chi connectivity index (χ3n) is 2.15. The van der Waals surface area contributed by atoms with Gasteiger partial charge < -0.3 is 15.3 Å². The van der Waals surface area contributed by atoms with Crippen LogP contribution in [0.15, 0.2) is 18.2 Å². The van der Waals surface area contributed by atoms with E-state index in [4.69, 9.17) is 16.7 Å². The number of hydrogen-bond acceptors (Lipinski definition) is 3. The zero-order valence-electron chi connectivity index (χ0n) is 8.72. The van der Waals surface area contributed by atoms with Crippen LogP contribution >= 0.6 is 11.6 Å². The van der Waals surface area contributed by atoms with Crippen LogP contribution in [-0.2, 0) is 4.79 Å². The number of carbonyl (C=O) groups is 1. The van der Waals surface area contributed by atoms with Gasteiger partial charge in [0.15, 0.2) is 0 Å². The smallest absolute Gasteiger partial charge is 0.306 e. The molecule has 0 bridgehead atoms. The topological polar surface area (TPSA) is 77.8 Å². The van der Waals surface area contributed by atoms with E-state index >= 15 is 0 Å². The first-order valence-corrected chi connectivity index (χ1v) is 5.13. The summed E-state index contributed by atoms with van der Waals surface area (Å²) >= 11 is 5.80. The Morgan fingerprint density at radius 2 is 2.00 bits per heavy atom. The van der Waals surface area contributed by atoms with Crippen LogP contribution in [0.25, 0.3) is 0 Å². The molecular weight excluding hydrogens is 232 g/mol. The van der Waals surface area contributed by atoms with Crippen LogP contribution in [0.3, 0.4) is 0 Å². The molecule has 0 radical (unpaired) electrons. The van der Waals surface area contributed by atoms with E-state index in [9.17, 15) is 15.0 Å². The van der Waals surface area contributed by atoms with Gasteiger partial charge in [-0.15, -0.1) is 0 Å². The second kappa shape index (κ2) is 5.30. The minimum atomic E-state index is -1.34. The third-order valence-corrected chi connectivity index (χ3v) is 2.37. The predicted molar refractivity (Wildman–Crippen MR) is 59.4 cm³/mol. The minimum Gasteiger partial charge on any atom is -0.481 e. The summed E-state index contributed by atoms with van der Waals surface area (Å²) in [6.07, 6.45) is -3.09. The number of aliphatic hydroxyl groups is 2. The van der Waals surface area contributed by atoms with Gasteiger partial charge in [0, 0.05) is 5.02 Å². The number of aliphatic carboxylic acids is 1. The van der Waals surface area contributed by atoms with E-state index in [0.717, 1.165) is 5.56 Å². The van der Waals surface area contributed by atoms with Crippen molar-refractivity contribution >= 4 is 17.6 Å². The minimum absolute atomic E-state index is 0.416. The van der Waals surface area contributed by atoms with Crippen LogP contribution in [0.4, 0.5) is 0 Å². The standard InChI is InChI=1S/C11H13ClO4/c1-6-2-7(4-8(12)3-6)11(16)9(13)5-10(14)15/h2-4,9,11,13,16H,5H2,1H3,(H,14,15). The molecular formula is C11H13ClO4. The van der Waals surface area contributed by atoms with E-state index in [2.05, 4.69) is 0 Å². The monoisotopic (exact) mass is 244 g/mol. The summed E-state index contributed by atoms with van der Waals surface area (Å²) in [5, 5.41) is 28.1. The van der Waals surface area contributed by atoms with E-state index in [-0.39, 0.29) is 0 Å². The summed E-state index contributed by atoms with van der Waals surface area (Å²) in [4.78, 5) is 10.4. The van der Waals surface area contributed by atoms with Crippen molar-refractivity contribution in [2.45, 2.75) is 25.6 Å². The lowest BCUT2D eigenvalue weighted by Crippen LogP contribution is -2.21. The number of aryl methyl sites for hydroxylation is 1. The zero-order chi connectivity index (χ0) is 12.3. The Morgan fingerprint density at radius 1 is 1.38 bits per heavy atom. The van der Waals surface area contributed by atoms with Gasteiger partial charge in [-0.05, 0) is 30.2 Å². The summed E-state index contributed by atoms with van der Waals surface area (Å²) in [6.45, 7) is 1.80. The summed E-state index contributed by atoms with van der Waals surface area (Å²) in [7, 11) is 0. The van der Waals surface area contributed by atoms with Crippen LogP contribution in [0.5, 0.6) is 0 Å². The predicted octanol–water partition coefficient (Wildman–Crippen LogP) is 1.52. The van der Waals surface area contributed by atoms with Gasteiger partial charge in [-0.25, -0.2) is 0 Å². The molecule has 2 unspecified atom stereocenters. The Bertz CT molecular complexity index is 371. The second-order valence-electron chi connectivity index (χ2n) is 3.67. The maximum Gasteiger partial charge on any atom is 0.306 e. The van der Waals surface area contributed by atoms with Crippen molar-refractivity contribution in [3.63, 3.8) is 0 Å². The Balaban J connectivity index is 2.86. The quantitative estimate of drug-likeness (QED) is 0.750. The highest BCUT2D eigenvalue weighted by atomic mass is 35.5. The maximum atomic E-state index is 10.4. The molecule has 1 rings (SSSR count). The van der Waals surface area contributed by atoms with Gasteiger partial charge >= 0.3 is 5.97 Å². The Kier molecular flexibility index (Phi) is 4.29. The number of rotatable bonds is 4. The van der Waals surface area contributed by atoms with Crippen LogP contribution in [0, 0.1) is 6.92 Å². The first-order chi connectivity index (χ1) is 7.40. The molecule has 3 N–H and O–H groups in total. The van der Waals surface area contributed by atoms with Gasteiger partial charge in [-0.2, -0.15) is 0 Å². The zero-order valence-corrected chi connectivity index (χ0v) is 9.48. The van der Waals surface area contributed by atoms with Gasteiger partial charge in [0.05, 0.1) is 12.5 Å². The fourth-order valence-corrected chi connectivity index (χ4v) is 1.75. The average molecular weight is 245 g/mol. The Hall–Kier alpha value is -1.10. The fraction of sp³-hybridized carbons (Fsp3) is 0.364. The Labute approximate surface area is 98.1 Å². The molecule has 0 aliphatic carbocycles. The normalized spacial score (nSPS) is 14.5. The molecule has 0 saturated carbocycles. The molecule has 0 heterocycles. The number of aliphatic hydroxyl groups excluding tert-OH is 2. The Morgan fingerprint density at radius 3 is 2.50 bits per heavy atom. The lowest BCUT2D eigenvalue weighted by Gasteiger charge is -2.17. The number of halogens is 1. The highest BCUT2D eigenvalue weighted by Gasteiger charge is 2.21. The summed E-state index contributed by atoms with van der Waals surface area (Å²) in [5.74, 6) is -1.16.